The summed E-state index contributed by atoms with van der Waals surface area (Å²) in [5.74, 6) is 0. The molecule has 1 unspecified atom stereocenters. The zero-order valence-electron chi connectivity index (χ0n) is 29.5. The molecule has 1 heteroatoms. The maximum Gasteiger partial charge on any atom is 0.0626 e. The molecule has 0 saturated carbocycles. The lowest BCUT2D eigenvalue weighted by Gasteiger charge is -2.31. The molecule has 0 saturated heterocycles. The number of rotatable bonds is 5. The first-order valence-electron chi connectivity index (χ1n) is 18.1. The topological polar surface area (TPSA) is 3.24 Å². The van der Waals surface area contributed by atoms with E-state index < -0.39 is 0 Å². The first kappa shape index (κ1) is 31.1. The van der Waals surface area contributed by atoms with E-state index in [1.165, 1.54) is 82.6 Å². The number of nitrogens with zero attached hydrogens (tertiary/aromatic N) is 1. The predicted molar refractivity (Wildman–Crippen MR) is 219 cm³/mol. The fraction of sp³-hybridized carbons (Fsp3) is 0.120. The number of hydrogen-bond donors (Lipinski definition) is 0. The third-order valence-corrected chi connectivity index (χ3v) is 10.7. The molecule has 1 aliphatic rings. The van der Waals surface area contributed by atoms with Gasteiger partial charge in [0, 0.05) is 11.4 Å². The summed E-state index contributed by atoms with van der Waals surface area (Å²) in [4.78, 5) is 2.57. The lowest BCUT2D eigenvalue weighted by atomic mass is 9.83. The van der Waals surface area contributed by atoms with Crippen LogP contribution >= 0.6 is 0 Å². The molecule has 8 aromatic carbocycles. The summed E-state index contributed by atoms with van der Waals surface area (Å²) in [5, 5.41) is 7.61. The molecule has 0 spiro atoms. The molecule has 0 bridgehead atoms. The molecule has 0 aliphatic carbocycles. The number of hydrogen-bond acceptors (Lipinski definition) is 1. The van der Waals surface area contributed by atoms with Crippen LogP contribution in [0.2, 0.25) is 0 Å². The van der Waals surface area contributed by atoms with Crippen molar-refractivity contribution < 1.29 is 0 Å². The van der Waals surface area contributed by atoms with Gasteiger partial charge in [-0.25, -0.2) is 0 Å². The van der Waals surface area contributed by atoms with E-state index >= 15 is 0 Å². The van der Waals surface area contributed by atoms with Crippen molar-refractivity contribution in [3.05, 3.63) is 193 Å². The molecule has 1 nitrogen and oxygen atoms in total. The Morgan fingerprint density at radius 2 is 1.10 bits per heavy atom. The van der Waals surface area contributed by atoms with Crippen molar-refractivity contribution in [3.63, 3.8) is 0 Å². The number of fused-ring (bicyclic) bond motifs is 3. The van der Waals surface area contributed by atoms with Crippen LogP contribution in [0.1, 0.15) is 49.9 Å². The third kappa shape index (κ3) is 5.41. The van der Waals surface area contributed by atoms with Gasteiger partial charge in [0.05, 0.1) is 6.04 Å². The van der Waals surface area contributed by atoms with E-state index in [1.807, 2.05) is 0 Å². The molecular formula is C50H41N. The van der Waals surface area contributed by atoms with Crippen LogP contribution in [0.5, 0.6) is 0 Å². The van der Waals surface area contributed by atoms with Crippen molar-refractivity contribution in [1.29, 1.82) is 0 Å². The summed E-state index contributed by atoms with van der Waals surface area (Å²) < 4.78 is 0. The van der Waals surface area contributed by atoms with Crippen molar-refractivity contribution in [3.8, 4) is 22.3 Å². The van der Waals surface area contributed by atoms with E-state index in [4.69, 9.17) is 0 Å². The molecule has 8 aromatic rings. The Morgan fingerprint density at radius 1 is 0.490 bits per heavy atom. The maximum absolute atomic E-state index is 2.57. The number of benzene rings is 8. The van der Waals surface area contributed by atoms with Gasteiger partial charge in [-0.3, -0.25) is 0 Å². The second-order valence-corrected chi connectivity index (χ2v) is 14.9. The van der Waals surface area contributed by atoms with Gasteiger partial charge in [0.25, 0.3) is 0 Å². The van der Waals surface area contributed by atoms with Gasteiger partial charge < -0.3 is 4.90 Å². The normalized spacial score (nSPS) is 14.8. The van der Waals surface area contributed by atoms with Crippen LogP contribution in [0.3, 0.4) is 0 Å². The molecular weight excluding hydrogens is 615 g/mol. The van der Waals surface area contributed by atoms with E-state index in [-0.39, 0.29) is 11.5 Å². The summed E-state index contributed by atoms with van der Waals surface area (Å²) in [5.41, 5.74) is 11.5. The minimum absolute atomic E-state index is 0.0881. The SMILES string of the molecule is CC(C)(C)c1ccc(-c2c3ccccc3c(-c3cccc4ccccc34)c3cc(N4C(c5ccccc5)=CCC4c4ccccc4)ccc23)cc1. The molecule has 9 rings (SSSR count). The lowest BCUT2D eigenvalue weighted by Crippen LogP contribution is -2.22. The monoisotopic (exact) mass is 655 g/mol. The first-order chi connectivity index (χ1) is 25.0. The number of anilines is 1. The van der Waals surface area contributed by atoms with Gasteiger partial charge >= 0.3 is 0 Å². The molecule has 0 fully saturated rings. The average molecular weight is 656 g/mol. The Hall–Kier alpha value is -5.92. The Labute approximate surface area is 301 Å². The van der Waals surface area contributed by atoms with Crippen LogP contribution in [-0.2, 0) is 5.41 Å². The zero-order valence-corrected chi connectivity index (χ0v) is 29.5. The highest BCUT2D eigenvalue weighted by Crippen LogP contribution is 2.49. The van der Waals surface area contributed by atoms with Crippen LogP contribution in [0.15, 0.2) is 176 Å². The second-order valence-electron chi connectivity index (χ2n) is 14.9. The molecule has 0 N–H and O–H groups in total. The minimum Gasteiger partial charge on any atom is -0.333 e. The van der Waals surface area contributed by atoms with Crippen LogP contribution in [-0.4, -0.2) is 0 Å². The molecule has 1 heterocycles. The quantitative estimate of drug-likeness (QED) is 0.167. The molecule has 0 radical (unpaired) electrons. The van der Waals surface area contributed by atoms with E-state index in [0.717, 1.165) is 6.42 Å². The summed E-state index contributed by atoms with van der Waals surface area (Å²) in [7, 11) is 0. The molecule has 0 aromatic heterocycles. The molecule has 0 amide bonds. The van der Waals surface area contributed by atoms with Gasteiger partial charge in [0.1, 0.15) is 0 Å². The van der Waals surface area contributed by atoms with Gasteiger partial charge in [-0.05, 0) is 95.2 Å². The summed E-state index contributed by atoms with van der Waals surface area (Å²) in [6.07, 6.45) is 3.37. The van der Waals surface area contributed by atoms with Crippen LogP contribution < -0.4 is 4.90 Å². The Balaban J connectivity index is 1.36. The second kappa shape index (κ2) is 12.4. The van der Waals surface area contributed by atoms with Crippen molar-refractivity contribution in [2.75, 3.05) is 4.90 Å². The molecule has 51 heavy (non-hydrogen) atoms. The summed E-state index contributed by atoms with van der Waals surface area (Å²) >= 11 is 0. The van der Waals surface area contributed by atoms with E-state index in [1.54, 1.807) is 0 Å². The van der Waals surface area contributed by atoms with Crippen LogP contribution in [0.25, 0.3) is 60.3 Å². The van der Waals surface area contributed by atoms with E-state index in [9.17, 15) is 0 Å². The summed E-state index contributed by atoms with van der Waals surface area (Å²) in [6.45, 7) is 6.85. The van der Waals surface area contributed by atoms with Crippen molar-refractivity contribution >= 4 is 43.7 Å². The Morgan fingerprint density at radius 3 is 1.82 bits per heavy atom. The maximum atomic E-state index is 2.57. The van der Waals surface area contributed by atoms with Crippen LogP contribution in [0.4, 0.5) is 5.69 Å². The lowest BCUT2D eigenvalue weighted by molar-refractivity contribution is 0.590. The van der Waals surface area contributed by atoms with Crippen molar-refractivity contribution in [2.24, 2.45) is 0 Å². The highest BCUT2D eigenvalue weighted by molar-refractivity contribution is 6.24. The first-order valence-corrected chi connectivity index (χ1v) is 18.1. The van der Waals surface area contributed by atoms with Gasteiger partial charge in [0.15, 0.2) is 0 Å². The standard InChI is InChI=1S/C50H41N/c1-50(2,3)38-27-25-37(26-28-38)48-42-22-12-13-23-43(42)49(41-24-14-20-34-15-10-11-21-40(34)41)45-33-39(29-30-44(45)48)51-46(35-16-6-4-7-17-35)31-32-47(51)36-18-8-5-9-19-36/h4-31,33,47H,32H2,1-3H3. The van der Waals surface area contributed by atoms with Crippen molar-refractivity contribution in [2.45, 2.75) is 38.6 Å². The van der Waals surface area contributed by atoms with Gasteiger partial charge in [-0.15, -0.1) is 0 Å². The highest BCUT2D eigenvalue weighted by Gasteiger charge is 2.30. The summed E-state index contributed by atoms with van der Waals surface area (Å²) in [6, 6.07) is 63.1. The Bertz CT molecular complexity index is 2570. The van der Waals surface area contributed by atoms with E-state index in [2.05, 4.69) is 202 Å². The van der Waals surface area contributed by atoms with Crippen molar-refractivity contribution in [1.82, 2.24) is 0 Å². The van der Waals surface area contributed by atoms with Gasteiger partial charge in [-0.1, -0.05) is 185 Å². The van der Waals surface area contributed by atoms with Gasteiger partial charge in [0.2, 0.25) is 0 Å². The Kier molecular flexibility index (Phi) is 7.59. The fourth-order valence-electron chi connectivity index (χ4n) is 8.24. The molecule has 1 aliphatic heterocycles. The minimum atomic E-state index is 0.0881. The fourth-order valence-corrected chi connectivity index (χ4v) is 8.24. The predicted octanol–water partition coefficient (Wildman–Crippen LogP) is 13.8. The highest BCUT2D eigenvalue weighted by atomic mass is 15.2. The van der Waals surface area contributed by atoms with Gasteiger partial charge in [-0.2, -0.15) is 0 Å². The van der Waals surface area contributed by atoms with E-state index in [0.29, 0.717) is 0 Å². The molecule has 246 valence electrons. The smallest absolute Gasteiger partial charge is 0.0626 e. The average Bonchev–Trinajstić information content (AvgIpc) is 3.62. The molecule has 1 atom stereocenters. The third-order valence-electron chi connectivity index (χ3n) is 10.7. The largest absolute Gasteiger partial charge is 0.333 e. The zero-order chi connectivity index (χ0) is 34.5. The van der Waals surface area contributed by atoms with Crippen LogP contribution in [0, 0.1) is 0 Å².